The Morgan fingerprint density at radius 3 is 2.39 bits per heavy atom. The molecule has 2 amide bonds. The SMILES string of the molecule is O=C(Nc1ccc(NC(=O)C2CCCCN2)cc1)c1ccco1. The number of rotatable bonds is 4. The van der Waals surface area contributed by atoms with Crippen LogP contribution >= 0.6 is 0 Å². The average molecular weight is 313 g/mol. The summed E-state index contributed by atoms with van der Waals surface area (Å²) in [5.74, 6) is -0.0685. The number of hydrogen-bond acceptors (Lipinski definition) is 4. The van der Waals surface area contributed by atoms with Crippen molar-refractivity contribution in [2.75, 3.05) is 17.2 Å². The third kappa shape index (κ3) is 3.98. The minimum Gasteiger partial charge on any atom is -0.459 e. The fraction of sp³-hybridized carbons (Fsp3) is 0.294. The minimum absolute atomic E-state index is 0.0166. The molecule has 6 nitrogen and oxygen atoms in total. The van der Waals surface area contributed by atoms with Crippen molar-refractivity contribution in [1.82, 2.24) is 5.32 Å². The highest BCUT2D eigenvalue weighted by Crippen LogP contribution is 2.16. The van der Waals surface area contributed by atoms with E-state index < -0.39 is 0 Å². The van der Waals surface area contributed by atoms with Crippen LogP contribution in [0.15, 0.2) is 47.1 Å². The van der Waals surface area contributed by atoms with Crippen LogP contribution in [0.1, 0.15) is 29.8 Å². The fourth-order valence-corrected chi connectivity index (χ4v) is 2.54. The lowest BCUT2D eigenvalue weighted by Gasteiger charge is -2.22. The van der Waals surface area contributed by atoms with Gasteiger partial charge in [-0.15, -0.1) is 0 Å². The van der Waals surface area contributed by atoms with E-state index in [1.165, 1.54) is 6.26 Å². The molecule has 3 N–H and O–H groups in total. The van der Waals surface area contributed by atoms with Gasteiger partial charge in [0.25, 0.3) is 5.91 Å². The predicted octanol–water partition coefficient (Wildman–Crippen LogP) is 2.61. The Balaban J connectivity index is 1.56. The van der Waals surface area contributed by atoms with Crippen LogP contribution in [0.3, 0.4) is 0 Å². The maximum absolute atomic E-state index is 12.1. The first-order valence-corrected chi connectivity index (χ1v) is 7.71. The van der Waals surface area contributed by atoms with Crippen molar-refractivity contribution in [3.63, 3.8) is 0 Å². The van der Waals surface area contributed by atoms with Gasteiger partial charge >= 0.3 is 0 Å². The van der Waals surface area contributed by atoms with Gasteiger partial charge in [-0.3, -0.25) is 9.59 Å². The van der Waals surface area contributed by atoms with Crippen molar-refractivity contribution < 1.29 is 14.0 Å². The largest absolute Gasteiger partial charge is 0.459 e. The van der Waals surface area contributed by atoms with Crippen molar-refractivity contribution in [3.8, 4) is 0 Å². The number of hydrogen-bond donors (Lipinski definition) is 3. The highest BCUT2D eigenvalue weighted by molar-refractivity contribution is 6.02. The zero-order valence-electron chi connectivity index (χ0n) is 12.7. The molecule has 1 saturated heterocycles. The maximum atomic E-state index is 12.1. The molecule has 1 aliphatic rings. The fourth-order valence-electron chi connectivity index (χ4n) is 2.54. The number of benzene rings is 1. The molecule has 2 heterocycles. The summed E-state index contributed by atoms with van der Waals surface area (Å²) in [6, 6.07) is 10.1. The molecule has 6 heteroatoms. The molecule has 0 radical (unpaired) electrons. The summed E-state index contributed by atoms with van der Waals surface area (Å²) < 4.78 is 5.04. The van der Waals surface area contributed by atoms with Crippen LogP contribution in [-0.4, -0.2) is 24.4 Å². The number of piperidine rings is 1. The molecule has 1 fully saturated rings. The second kappa shape index (κ2) is 7.11. The predicted molar refractivity (Wildman–Crippen MR) is 87.4 cm³/mol. The number of nitrogens with one attached hydrogen (secondary N) is 3. The number of furan rings is 1. The Kier molecular flexibility index (Phi) is 4.73. The quantitative estimate of drug-likeness (QED) is 0.810. The minimum atomic E-state index is -0.307. The van der Waals surface area contributed by atoms with Crippen molar-refractivity contribution in [1.29, 1.82) is 0 Å². The third-order valence-corrected chi connectivity index (χ3v) is 3.78. The normalized spacial score (nSPS) is 17.5. The topological polar surface area (TPSA) is 83.4 Å². The molecule has 120 valence electrons. The van der Waals surface area contributed by atoms with Crippen molar-refractivity contribution >= 4 is 23.2 Å². The van der Waals surface area contributed by atoms with E-state index in [0.29, 0.717) is 11.4 Å². The van der Waals surface area contributed by atoms with E-state index in [1.807, 2.05) is 0 Å². The highest BCUT2D eigenvalue weighted by atomic mass is 16.3. The van der Waals surface area contributed by atoms with Gasteiger partial charge in [0.15, 0.2) is 5.76 Å². The monoisotopic (exact) mass is 313 g/mol. The summed E-state index contributed by atoms with van der Waals surface area (Å²) in [6.07, 6.45) is 4.51. The molecule has 23 heavy (non-hydrogen) atoms. The highest BCUT2D eigenvalue weighted by Gasteiger charge is 2.20. The van der Waals surface area contributed by atoms with Gasteiger partial charge in [-0.1, -0.05) is 6.42 Å². The number of carbonyl (C=O) groups excluding carboxylic acids is 2. The van der Waals surface area contributed by atoms with Crippen LogP contribution in [0.2, 0.25) is 0 Å². The summed E-state index contributed by atoms with van der Waals surface area (Å²) in [6.45, 7) is 0.885. The van der Waals surface area contributed by atoms with E-state index in [4.69, 9.17) is 4.42 Å². The lowest BCUT2D eigenvalue weighted by atomic mass is 10.0. The Morgan fingerprint density at radius 1 is 1.04 bits per heavy atom. The van der Waals surface area contributed by atoms with E-state index in [0.717, 1.165) is 25.8 Å². The average Bonchev–Trinajstić information content (AvgIpc) is 3.12. The van der Waals surface area contributed by atoms with Gasteiger partial charge in [0.1, 0.15) is 0 Å². The number of amides is 2. The van der Waals surface area contributed by atoms with Gasteiger partial charge in [-0.2, -0.15) is 0 Å². The lowest BCUT2D eigenvalue weighted by molar-refractivity contribution is -0.118. The molecular weight excluding hydrogens is 294 g/mol. The summed E-state index contributed by atoms with van der Waals surface area (Å²) in [4.78, 5) is 24.0. The van der Waals surface area contributed by atoms with E-state index in [2.05, 4.69) is 16.0 Å². The van der Waals surface area contributed by atoms with E-state index in [1.54, 1.807) is 36.4 Å². The molecule has 1 aromatic heterocycles. The summed E-state index contributed by atoms with van der Waals surface area (Å²) >= 11 is 0. The molecular formula is C17H19N3O3. The second-order valence-electron chi connectivity index (χ2n) is 5.50. The van der Waals surface area contributed by atoms with Crippen LogP contribution < -0.4 is 16.0 Å². The molecule has 1 aliphatic heterocycles. The smallest absolute Gasteiger partial charge is 0.291 e. The molecule has 0 saturated carbocycles. The van der Waals surface area contributed by atoms with Gasteiger partial charge in [0, 0.05) is 11.4 Å². The van der Waals surface area contributed by atoms with Gasteiger partial charge in [-0.25, -0.2) is 0 Å². The van der Waals surface area contributed by atoms with Gasteiger partial charge in [-0.05, 0) is 55.8 Å². The Hall–Kier alpha value is -2.60. The summed E-state index contributed by atoms with van der Waals surface area (Å²) in [7, 11) is 0. The standard InChI is InChI=1S/C17H19N3O3/c21-16(14-4-1-2-10-18-14)19-12-6-8-13(9-7-12)20-17(22)15-5-3-11-23-15/h3,5-9,11,14,18H,1-2,4,10H2,(H,19,21)(H,20,22). The molecule has 0 bridgehead atoms. The van der Waals surface area contributed by atoms with E-state index in [9.17, 15) is 9.59 Å². The Morgan fingerprint density at radius 2 is 1.78 bits per heavy atom. The molecule has 0 aliphatic carbocycles. The zero-order chi connectivity index (χ0) is 16.1. The molecule has 1 aromatic carbocycles. The first-order chi connectivity index (χ1) is 11.2. The zero-order valence-corrected chi connectivity index (χ0v) is 12.7. The van der Waals surface area contributed by atoms with Crippen LogP contribution in [0.25, 0.3) is 0 Å². The van der Waals surface area contributed by atoms with E-state index in [-0.39, 0.29) is 23.6 Å². The molecule has 3 rings (SSSR count). The summed E-state index contributed by atoms with van der Waals surface area (Å²) in [5, 5.41) is 8.83. The maximum Gasteiger partial charge on any atom is 0.291 e. The molecule has 1 atom stereocenters. The lowest BCUT2D eigenvalue weighted by Crippen LogP contribution is -2.43. The Bertz CT molecular complexity index is 659. The molecule has 2 aromatic rings. The molecule has 0 spiro atoms. The Labute approximate surface area is 134 Å². The van der Waals surface area contributed by atoms with Crippen LogP contribution in [-0.2, 0) is 4.79 Å². The van der Waals surface area contributed by atoms with Crippen LogP contribution in [0, 0.1) is 0 Å². The number of anilines is 2. The van der Waals surface area contributed by atoms with Gasteiger partial charge in [0.2, 0.25) is 5.91 Å². The van der Waals surface area contributed by atoms with Crippen molar-refractivity contribution in [2.45, 2.75) is 25.3 Å². The van der Waals surface area contributed by atoms with Crippen molar-refractivity contribution in [2.24, 2.45) is 0 Å². The first-order valence-electron chi connectivity index (χ1n) is 7.71. The van der Waals surface area contributed by atoms with Crippen LogP contribution in [0.4, 0.5) is 11.4 Å². The van der Waals surface area contributed by atoms with Crippen LogP contribution in [0.5, 0.6) is 0 Å². The third-order valence-electron chi connectivity index (χ3n) is 3.78. The van der Waals surface area contributed by atoms with Gasteiger partial charge in [0.05, 0.1) is 12.3 Å². The molecule has 1 unspecified atom stereocenters. The summed E-state index contributed by atoms with van der Waals surface area (Å²) in [5.41, 5.74) is 1.35. The van der Waals surface area contributed by atoms with Crippen molar-refractivity contribution in [3.05, 3.63) is 48.4 Å². The van der Waals surface area contributed by atoms with Gasteiger partial charge < -0.3 is 20.4 Å². The first kappa shape index (κ1) is 15.3. The number of carbonyl (C=O) groups is 2. The second-order valence-corrected chi connectivity index (χ2v) is 5.50. The van der Waals surface area contributed by atoms with E-state index >= 15 is 0 Å².